The molecule has 2 rings (SSSR count). The molecule has 0 spiro atoms. The van der Waals surface area contributed by atoms with Crippen LogP contribution in [0, 0.1) is 4.91 Å². The highest BCUT2D eigenvalue weighted by Gasteiger charge is 2.50. The Morgan fingerprint density at radius 2 is 2.13 bits per heavy atom. The minimum Gasteiger partial charge on any atom is -0.370 e. The van der Waals surface area contributed by atoms with Gasteiger partial charge in [-0.05, 0) is 0 Å². The number of rotatable bonds is 3. The molecule has 2 fully saturated rings. The van der Waals surface area contributed by atoms with E-state index < -0.39 is 6.10 Å². The van der Waals surface area contributed by atoms with E-state index in [9.17, 15) is 9.70 Å². The Hall–Kier alpha value is -0.660. The number of carbonyl (C=O) groups is 1. The Labute approximate surface area is 90.6 Å². The summed E-state index contributed by atoms with van der Waals surface area (Å²) in [4.78, 5) is 25.5. The fourth-order valence-electron chi connectivity index (χ4n) is 1.89. The number of hydrogen-bond acceptors (Lipinski definition) is 7. The highest BCUT2D eigenvalue weighted by molar-refractivity contribution is 8.14. The van der Waals surface area contributed by atoms with Crippen molar-refractivity contribution in [1.29, 1.82) is 0 Å². The molecule has 0 saturated carbocycles. The molecule has 0 aromatic heterocycles. The number of nitrogens with zero attached hydrogens (tertiary/aromatic N) is 1. The first-order valence-corrected chi connectivity index (χ1v) is 5.49. The minimum atomic E-state index is -0.440. The van der Waals surface area contributed by atoms with E-state index in [1.165, 1.54) is 18.7 Å². The first-order valence-electron chi connectivity index (χ1n) is 4.61. The minimum absolute atomic E-state index is 0.00671. The second-order valence-electron chi connectivity index (χ2n) is 3.46. The lowest BCUT2D eigenvalue weighted by Gasteiger charge is -2.13. The lowest BCUT2D eigenvalue weighted by Crippen LogP contribution is -2.31. The molecule has 0 unspecified atom stereocenters. The Kier molecular flexibility index (Phi) is 3.22. The summed E-state index contributed by atoms with van der Waals surface area (Å²) >= 11 is 1.21. The normalized spacial score (nSPS) is 38.7. The van der Waals surface area contributed by atoms with Gasteiger partial charge in [0.05, 0.1) is 18.5 Å². The molecular weight excluding hydrogens is 222 g/mol. The lowest BCUT2D eigenvalue weighted by atomic mass is 10.1. The van der Waals surface area contributed by atoms with Crippen LogP contribution in [0.3, 0.4) is 0 Å². The molecular formula is C8H11NO5S. The summed E-state index contributed by atoms with van der Waals surface area (Å²) in [5.74, 6) is 0. The molecule has 2 saturated heterocycles. The first kappa shape index (κ1) is 10.8. The van der Waals surface area contributed by atoms with Crippen molar-refractivity contribution in [2.75, 3.05) is 13.2 Å². The fraction of sp³-hybridized carbons (Fsp3) is 0.875. The van der Waals surface area contributed by atoms with Gasteiger partial charge in [0.2, 0.25) is 0 Å². The maximum atomic E-state index is 10.9. The zero-order chi connectivity index (χ0) is 10.8. The molecule has 15 heavy (non-hydrogen) atoms. The Morgan fingerprint density at radius 3 is 2.80 bits per heavy atom. The van der Waals surface area contributed by atoms with Crippen LogP contribution in [0.15, 0.2) is 5.34 Å². The van der Waals surface area contributed by atoms with Gasteiger partial charge in [0.25, 0.3) is 0 Å². The van der Waals surface area contributed by atoms with Gasteiger partial charge in [0.15, 0.2) is 16.6 Å². The van der Waals surface area contributed by atoms with Crippen molar-refractivity contribution >= 4 is 16.9 Å². The monoisotopic (exact) mass is 233 g/mol. The van der Waals surface area contributed by atoms with Crippen LogP contribution in [-0.2, 0) is 19.1 Å². The van der Waals surface area contributed by atoms with Crippen molar-refractivity contribution in [3.05, 3.63) is 4.91 Å². The molecule has 0 aliphatic carbocycles. The van der Waals surface area contributed by atoms with Crippen LogP contribution in [0.25, 0.3) is 0 Å². The molecule has 4 atom stereocenters. The number of carbonyl (C=O) groups excluding carboxylic acids is 1. The third-order valence-corrected chi connectivity index (χ3v) is 3.50. The van der Waals surface area contributed by atoms with Crippen LogP contribution in [0.2, 0.25) is 0 Å². The second-order valence-corrected chi connectivity index (χ2v) is 4.88. The number of hydrogen-bond donors (Lipinski definition) is 0. The molecule has 2 aliphatic rings. The summed E-state index contributed by atoms with van der Waals surface area (Å²) in [6.07, 6.45) is -0.893. The molecule has 0 aromatic carbocycles. The molecule has 84 valence electrons. The van der Waals surface area contributed by atoms with Crippen LogP contribution in [-0.4, -0.2) is 41.9 Å². The van der Waals surface area contributed by atoms with Crippen LogP contribution in [0.5, 0.6) is 0 Å². The molecule has 0 N–H and O–H groups in total. The predicted octanol–water partition coefficient (Wildman–Crippen LogP) is 0.499. The van der Waals surface area contributed by atoms with E-state index in [1.54, 1.807) is 0 Å². The molecule has 0 aromatic rings. The Balaban J connectivity index is 1.95. The van der Waals surface area contributed by atoms with Gasteiger partial charge in [0, 0.05) is 6.92 Å². The van der Waals surface area contributed by atoms with Crippen molar-refractivity contribution < 1.29 is 19.1 Å². The largest absolute Gasteiger partial charge is 0.370 e. The van der Waals surface area contributed by atoms with E-state index in [2.05, 4.69) is 10.2 Å². The standard InChI is InChI=1S/C8H11NO5S/c1-4(10)15-6-3-13-7-5(14-9-11)2-12-8(6)7/h5-8H,2-3H2,1H3/t5-,6-,7-,8-/m1/s1. The fourth-order valence-corrected chi connectivity index (χ4v) is 2.83. The summed E-state index contributed by atoms with van der Waals surface area (Å²) in [6, 6.07) is 0. The molecule has 6 nitrogen and oxygen atoms in total. The molecule has 7 heteroatoms. The van der Waals surface area contributed by atoms with Gasteiger partial charge in [-0.25, -0.2) is 0 Å². The van der Waals surface area contributed by atoms with Crippen LogP contribution in [0.1, 0.15) is 6.92 Å². The van der Waals surface area contributed by atoms with E-state index in [-0.39, 0.29) is 29.2 Å². The van der Waals surface area contributed by atoms with Crippen molar-refractivity contribution in [2.24, 2.45) is 5.34 Å². The molecule has 2 heterocycles. The maximum absolute atomic E-state index is 10.9. The zero-order valence-corrected chi connectivity index (χ0v) is 8.94. The second kappa shape index (κ2) is 4.46. The maximum Gasteiger partial charge on any atom is 0.186 e. The van der Waals surface area contributed by atoms with Gasteiger partial charge in [-0.3, -0.25) is 4.79 Å². The Bertz CT molecular complexity index is 274. The van der Waals surface area contributed by atoms with E-state index in [1.807, 2.05) is 0 Å². The summed E-state index contributed by atoms with van der Waals surface area (Å²) in [6.45, 7) is 2.24. The van der Waals surface area contributed by atoms with Gasteiger partial charge in [-0.1, -0.05) is 11.8 Å². The van der Waals surface area contributed by atoms with E-state index in [0.29, 0.717) is 6.61 Å². The SMILES string of the molecule is CC(=O)S[C@@H]1CO[C@H]2[C@@H]1OC[C@H]2ON=O. The van der Waals surface area contributed by atoms with Crippen molar-refractivity contribution in [1.82, 2.24) is 0 Å². The summed E-state index contributed by atoms with van der Waals surface area (Å²) in [5.41, 5.74) is 0. The quantitative estimate of drug-likeness (QED) is 0.522. The molecule has 0 bridgehead atoms. The average Bonchev–Trinajstić information content (AvgIpc) is 2.71. The van der Waals surface area contributed by atoms with E-state index >= 15 is 0 Å². The van der Waals surface area contributed by atoms with Crippen LogP contribution in [0.4, 0.5) is 0 Å². The summed E-state index contributed by atoms with van der Waals surface area (Å²) < 4.78 is 10.9. The predicted molar refractivity (Wildman–Crippen MR) is 52.2 cm³/mol. The zero-order valence-electron chi connectivity index (χ0n) is 8.12. The van der Waals surface area contributed by atoms with Crippen molar-refractivity contribution in [2.45, 2.75) is 30.5 Å². The number of fused-ring (bicyclic) bond motifs is 1. The van der Waals surface area contributed by atoms with Crippen molar-refractivity contribution in [3.63, 3.8) is 0 Å². The van der Waals surface area contributed by atoms with Gasteiger partial charge in [0.1, 0.15) is 12.2 Å². The van der Waals surface area contributed by atoms with E-state index in [4.69, 9.17) is 9.47 Å². The lowest BCUT2D eigenvalue weighted by molar-refractivity contribution is -0.109. The average molecular weight is 233 g/mol. The summed E-state index contributed by atoms with van der Waals surface area (Å²) in [7, 11) is 0. The molecule has 0 amide bonds. The van der Waals surface area contributed by atoms with Gasteiger partial charge >= 0.3 is 0 Å². The van der Waals surface area contributed by atoms with Gasteiger partial charge in [-0.2, -0.15) is 0 Å². The third-order valence-electron chi connectivity index (χ3n) is 2.46. The van der Waals surface area contributed by atoms with Crippen LogP contribution < -0.4 is 0 Å². The highest BCUT2D eigenvalue weighted by Crippen LogP contribution is 2.35. The summed E-state index contributed by atoms with van der Waals surface area (Å²) in [5, 5.41) is 2.41. The van der Waals surface area contributed by atoms with Crippen LogP contribution >= 0.6 is 11.8 Å². The van der Waals surface area contributed by atoms with Gasteiger partial charge in [-0.15, -0.1) is 4.91 Å². The van der Waals surface area contributed by atoms with Crippen molar-refractivity contribution in [3.8, 4) is 0 Å². The van der Waals surface area contributed by atoms with E-state index in [0.717, 1.165) is 0 Å². The smallest absolute Gasteiger partial charge is 0.186 e. The topological polar surface area (TPSA) is 74.2 Å². The number of ether oxygens (including phenoxy) is 2. The highest BCUT2D eigenvalue weighted by atomic mass is 32.2. The van der Waals surface area contributed by atoms with Gasteiger partial charge < -0.3 is 14.3 Å². The Morgan fingerprint density at radius 1 is 1.40 bits per heavy atom. The first-order chi connectivity index (χ1) is 7.22. The molecule has 2 aliphatic heterocycles. The number of thioether (sulfide) groups is 1. The third kappa shape index (κ3) is 2.14. The molecule has 0 radical (unpaired) electrons.